The molecule has 0 bridgehead atoms. The standard InChI is InChI=1S/C29H32Cl2FN3O3/c30-16-8-13-20-22(14-16)34-28(38)29(20)23(19-6-3-7-21(31)24(19)32)25(35-26(29)15-4-1-2-5-15)27(37)33-17-9-11-18(36)12-10-17/h3,6-8,13-15,17-18,23,25-26,35-36H,1-2,4-5,9-12H2,(H,33,37)(H,34,38)/t17-,18+,23-,25+,26-,29-/m0/s1. The second-order valence-corrected chi connectivity index (χ2v) is 12.2. The van der Waals surface area contributed by atoms with Crippen molar-refractivity contribution in [3.8, 4) is 0 Å². The average Bonchev–Trinajstić information content (AvgIpc) is 3.60. The van der Waals surface area contributed by atoms with E-state index in [9.17, 15) is 14.7 Å². The van der Waals surface area contributed by atoms with Crippen LogP contribution in [0.25, 0.3) is 0 Å². The largest absolute Gasteiger partial charge is 0.393 e. The fourth-order valence-electron chi connectivity index (χ4n) is 7.55. The zero-order valence-corrected chi connectivity index (χ0v) is 22.5. The number of aliphatic hydroxyl groups excluding tert-OH is 1. The Bertz CT molecular complexity index is 1260. The Labute approximate surface area is 231 Å². The number of amides is 2. The van der Waals surface area contributed by atoms with Gasteiger partial charge in [0.15, 0.2) is 0 Å². The molecule has 2 aromatic carbocycles. The van der Waals surface area contributed by atoms with Gasteiger partial charge >= 0.3 is 0 Å². The molecule has 0 unspecified atom stereocenters. The molecule has 4 atom stereocenters. The molecule has 2 aliphatic heterocycles. The van der Waals surface area contributed by atoms with Crippen LogP contribution in [0.4, 0.5) is 10.1 Å². The number of halogens is 3. The smallest absolute Gasteiger partial charge is 0.238 e. The van der Waals surface area contributed by atoms with Crippen LogP contribution in [-0.2, 0) is 15.0 Å². The Morgan fingerprint density at radius 2 is 1.79 bits per heavy atom. The summed E-state index contributed by atoms with van der Waals surface area (Å²) >= 11 is 12.6. The minimum Gasteiger partial charge on any atom is -0.393 e. The van der Waals surface area contributed by atoms with Crippen LogP contribution in [0, 0.1) is 11.7 Å². The third-order valence-electron chi connectivity index (χ3n) is 9.24. The lowest BCUT2D eigenvalue weighted by Crippen LogP contribution is -2.51. The number of nitrogens with one attached hydrogen (secondary N) is 3. The number of benzene rings is 2. The van der Waals surface area contributed by atoms with Crippen molar-refractivity contribution in [2.24, 2.45) is 5.92 Å². The highest BCUT2D eigenvalue weighted by atomic mass is 35.5. The van der Waals surface area contributed by atoms with Gasteiger partial charge in [-0.15, -0.1) is 0 Å². The summed E-state index contributed by atoms with van der Waals surface area (Å²) < 4.78 is 15.8. The summed E-state index contributed by atoms with van der Waals surface area (Å²) in [6.07, 6.45) is 6.20. The summed E-state index contributed by atoms with van der Waals surface area (Å²) in [5.74, 6) is -1.80. The van der Waals surface area contributed by atoms with Gasteiger partial charge in [-0.2, -0.15) is 0 Å². The summed E-state index contributed by atoms with van der Waals surface area (Å²) in [6, 6.07) is 8.80. The fraction of sp³-hybridized carbons (Fsp3) is 0.517. The summed E-state index contributed by atoms with van der Waals surface area (Å²) in [5.41, 5.74) is 0.368. The number of hydrogen-bond acceptors (Lipinski definition) is 4. The van der Waals surface area contributed by atoms with Crippen LogP contribution in [0.2, 0.25) is 10.0 Å². The molecule has 9 heteroatoms. The molecule has 202 valence electrons. The topological polar surface area (TPSA) is 90.5 Å². The second-order valence-electron chi connectivity index (χ2n) is 11.3. The van der Waals surface area contributed by atoms with Crippen molar-refractivity contribution in [1.82, 2.24) is 10.6 Å². The number of hydrogen-bond donors (Lipinski definition) is 4. The summed E-state index contributed by atoms with van der Waals surface area (Å²) in [5, 5.41) is 20.1. The first kappa shape index (κ1) is 26.1. The Morgan fingerprint density at radius 1 is 1.05 bits per heavy atom. The monoisotopic (exact) mass is 559 g/mol. The van der Waals surface area contributed by atoms with Gasteiger partial charge in [-0.05, 0) is 73.8 Å². The Morgan fingerprint density at radius 3 is 2.53 bits per heavy atom. The fourth-order valence-corrected chi connectivity index (χ4v) is 7.90. The average molecular weight is 560 g/mol. The maximum Gasteiger partial charge on any atom is 0.238 e. The van der Waals surface area contributed by atoms with Gasteiger partial charge in [0.05, 0.1) is 17.2 Å². The van der Waals surface area contributed by atoms with Crippen LogP contribution in [0.3, 0.4) is 0 Å². The van der Waals surface area contributed by atoms with Gasteiger partial charge in [0.25, 0.3) is 0 Å². The lowest BCUT2D eigenvalue weighted by molar-refractivity contribution is -0.124. The normalized spacial score (nSPS) is 32.9. The van der Waals surface area contributed by atoms with Crippen LogP contribution < -0.4 is 16.0 Å². The Kier molecular flexibility index (Phi) is 6.92. The van der Waals surface area contributed by atoms with E-state index in [1.807, 2.05) is 6.07 Å². The molecule has 2 amide bonds. The molecular formula is C29H32Cl2FN3O3. The van der Waals surface area contributed by atoms with E-state index in [1.165, 1.54) is 6.07 Å². The lowest BCUT2D eigenvalue weighted by Gasteiger charge is -2.38. The second kappa shape index (κ2) is 10.1. The van der Waals surface area contributed by atoms with Crippen LogP contribution in [0.1, 0.15) is 68.4 Å². The van der Waals surface area contributed by atoms with Crippen molar-refractivity contribution >= 4 is 40.7 Å². The molecule has 1 saturated heterocycles. The number of anilines is 1. The van der Waals surface area contributed by atoms with Crippen molar-refractivity contribution in [2.45, 2.75) is 86.9 Å². The number of fused-ring (bicyclic) bond motifs is 2. The molecule has 2 aliphatic carbocycles. The highest BCUT2D eigenvalue weighted by Gasteiger charge is 2.67. The van der Waals surface area contributed by atoms with Crippen molar-refractivity contribution < 1.29 is 19.1 Å². The first-order valence-corrected chi connectivity index (χ1v) is 14.4. The lowest BCUT2D eigenvalue weighted by atomic mass is 9.62. The van der Waals surface area contributed by atoms with Crippen molar-refractivity contribution in [1.29, 1.82) is 0 Å². The molecule has 3 fully saturated rings. The van der Waals surface area contributed by atoms with E-state index in [2.05, 4.69) is 16.0 Å². The minimum atomic E-state index is -1.22. The van der Waals surface area contributed by atoms with E-state index in [4.69, 9.17) is 23.2 Å². The highest BCUT2D eigenvalue weighted by Crippen LogP contribution is 2.58. The molecule has 6 nitrogen and oxygen atoms in total. The van der Waals surface area contributed by atoms with E-state index < -0.39 is 23.2 Å². The Hall–Kier alpha value is -2.19. The summed E-state index contributed by atoms with van der Waals surface area (Å²) in [7, 11) is 0. The zero-order chi connectivity index (χ0) is 26.6. The first-order valence-electron chi connectivity index (χ1n) is 13.6. The van der Waals surface area contributed by atoms with Gasteiger partial charge in [0, 0.05) is 28.7 Å². The van der Waals surface area contributed by atoms with Crippen LogP contribution >= 0.6 is 23.2 Å². The third kappa shape index (κ3) is 4.14. The van der Waals surface area contributed by atoms with Gasteiger partial charge in [-0.1, -0.05) is 54.2 Å². The van der Waals surface area contributed by atoms with Gasteiger partial charge in [-0.25, -0.2) is 4.39 Å². The van der Waals surface area contributed by atoms with Crippen molar-refractivity contribution in [3.63, 3.8) is 0 Å². The van der Waals surface area contributed by atoms with E-state index >= 15 is 4.39 Å². The summed E-state index contributed by atoms with van der Waals surface area (Å²) in [4.78, 5) is 28.2. The SMILES string of the molecule is O=C(N[C@H]1CC[C@@H](O)CC1)[C@@H]1N[C@@H](C2CCCC2)[C@@]2(C(=O)Nc3cc(Cl)ccc32)[C@H]1c1cccc(Cl)c1F. The predicted octanol–water partition coefficient (Wildman–Crippen LogP) is 5.06. The zero-order valence-electron chi connectivity index (χ0n) is 21.0. The van der Waals surface area contributed by atoms with E-state index in [-0.39, 0.29) is 46.5 Å². The highest BCUT2D eigenvalue weighted by molar-refractivity contribution is 6.31. The molecule has 2 heterocycles. The maximum absolute atomic E-state index is 15.8. The first-order chi connectivity index (χ1) is 18.3. The molecule has 2 saturated carbocycles. The predicted molar refractivity (Wildman–Crippen MR) is 145 cm³/mol. The van der Waals surface area contributed by atoms with E-state index in [1.54, 1.807) is 24.3 Å². The molecule has 38 heavy (non-hydrogen) atoms. The maximum atomic E-state index is 15.8. The number of aliphatic hydroxyl groups is 1. The molecule has 6 rings (SSSR count). The Balaban J connectivity index is 1.50. The van der Waals surface area contributed by atoms with Gasteiger partial charge in [-0.3, -0.25) is 9.59 Å². The molecular weight excluding hydrogens is 528 g/mol. The van der Waals surface area contributed by atoms with Crippen molar-refractivity contribution in [3.05, 3.63) is 63.4 Å². The molecule has 4 N–H and O–H groups in total. The molecule has 2 aromatic rings. The molecule has 0 radical (unpaired) electrons. The third-order valence-corrected chi connectivity index (χ3v) is 9.77. The molecule has 0 aromatic heterocycles. The van der Waals surface area contributed by atoms with E-state index in [0.29, 0.717) is 36.4 Å². The van der Waals surface area contributed by atoms with Gasteiger partial charge in [0.1, 0.15) is 11.2 Å². The molecule has 1 spiro atoms. The summed E-state index contributed by atoms with van der Waals surface area (Å²) in [6.45, 7) is 0. The van der Waals surface area contributed by atoms with Gasteiger partial charge < -0.3 is 21.1 Å². The van der Waals surface area contributed by atoms with Crippen LogP contribution in [0.5, 0.6) is 0 Å². The number of carbonyl (C=O) groups excluding carboxylic acids is 2. The minimum absolute atomic E-state index is 0.0443. The van der Waals surface area contributed by atoms with Gasteiger partial charge in [0.2, 0.25) is 11.8 Å². The quantitative estimate of drug-likeness (QED) is 0.421. The number of carbonyl (C=O) groups is 2. The van der Waals surface area contributed by atoms with Crippen LogP contribution in [-0.4, -0.2) is 41.2 Å². The number of rotatable bonds is 4. The van der Waals surface area contributed by atoms with E-state index in [0.717, 1.165) is 31.2 Å². The van der Waals surface area contributed by atoms with Crippen molar-refractivity contribution in [2.75, 3.05) is 5.32 Å². The van der Waals surface area contributed by atoms with Crippen LogP contribution in [0.15, 0.2) is 36.4 Å². The molecule has 4 aliphatic rings.